The maximum Gasteiger partial charge on any atom is 0.228 e. The predicted molar refractivity (Wildman–Crippen MR) is 97.3 cm³/mol. The summed E-state index contributed by atoms with van der Waals surface area (Å²) in [7, 11) is 0. The van der Waals surface area contributed by atoms with Gasteiger partial charge in [0.25, 0.3) is 0 Å². The lowest BCUT2D eigenvalue weighted by Crippen LogP contribution is -2.41. The molecule has 0 unspecified atom stereocenters. The molecule has 0 bridgehead atoms. The lowest BCUT2D eigenvalue weighted by molar-refractivity contribution is -0.126. The van der Waals surface area contributed by atoms with Gasteiger partial charge in [0.2, 0.25) is 5.91 Å². The molecular formula is C20H32N2O. The van der Waals surface area contributed by atoms with E-state index in [1.165, 1.54) is 6.42 Å². The van der Waals surface area contributed by atoms with Crippen molar-refractivity contribution in [3.63, 3.8) is 0 Å². The third-order valence-electron chi connectivity index (χ3n) is 5.59. The minimum Gasteiger partial charge on any atom is -0.330 e. The molecule has 0 radical (unpaired) electrons. The van der Waals surface area contributed by atoms with Crippen LogP contribution in [0.3, 0.4) is 0 Å². The van der Waals surface area contributed by atoms with Crippen molar-refractivity contribution in [2.24, 2.45) is 28.9 Å². The van der Waals surface area contributed by atoms with Crippen molar-refractivity contribution in [3.05, 3.63) is 29.8 Å². The fraction of sp³-hybridized carbons (Fsp3) is 0.650. The smallest absolute Gasteiger partial charge is 0.228 e. The molecule has 2 rings (SSSR count). The van der Waals surface area contributed by atoms with E-state index in [1.54, 1.807) is 0 Å². The highest BCUT2D eigenvalue weighted by molar-refractivity contribution is 5.93. The normalized spacial score (nSPS) is 23.7. The molecule has 3 N–H and O–H groups in total. The zero-order valence-electron chi connectivity index (χ0n) is 15.1. The van der Waals surface area contributed by atoms with Gasteiger partial charge in [-0.15, -0.1) is 0 Å². The molecule has 1 aromatic carbocycles. The number of carbonyl (C=O) groups excluding carboxylic acids is 1. The Kier molecular flexibility index (Phi) is 5.85. The largest absolute Gasteiger partial charge is 0.330 e. The van der Waals surface area contributed by atoms with E-state index < -0.39 is 0 Å². The standard InChI is InChI=1S/C20H32N2O/c1-14(2)16-9-11-20(3,4)17(13-16)19(23)22-18-8-6-5-7-15(18)10-12-21/h5-8,14,16-17H,9-13,21H2,1-4H3,(H,22,23)/t16-,17-/m1/s1. The Morgan fingerprint density at radius 1 is 1.35 bits per heavy atom. The maximum atomic E-state index is 13.0. The Morgan fingerprint density at radius 3 is 2.70 bits per heavy atom. The molecule has 1 fully saturated rings. The molecule has 23 heavy (non-hydrogen) atoms. The van der Waals surface area contributed by atoms with Crippen LogP contribution in [0.5, 0.6) is 0 Å². The summed E-state index contributed by atoms with van der Waals surface area (Å²) >= 11 is 0. The van der Waals surface area contributed by atoms with E-state index >= 15 is 0 Å². The minimum atomic E-state index is 0.0677. The van der Waals surface area contributed by atoms with Crippen LogP contribution in [0.15, 0.2) is 24.3 Å². The molecule has 2 atom stereocenters. The molecule has 1 aliphatic rings. The number of para-hydroxylation sites is 1. The van der Waals surface area contributed by atoms with Crippen LogP contribution in [-0.2, 0) is 11.2 Å². The second-order valence-corrected chi connectivity index (χ2v) is 8.00. The summed E-state index contributed by atoms with van der Waals surface area (Å²) in [5.74, 6) is 1.54. The van der Waals surface area contributed by atoms with Gasteiger partial charge >= 0.3 is 0 Å². The van der Waals surface area contributed by atoms with E-state index in [2.05, 4.69) is 33.0 Å². The SMILES string of the molecule is CC(C)[C@@H]1CCC(C)(C)[C@@H](C(=O)Nc2ccccc2CCN)C1. The molecule has 0 aromatic heterocycles. The summed E-state index contributed by atoms with van der Waals surface area (Å²) in [6, 6.07) is 8.00. The highest BCUT2D eigenvalue weighted by Crippen LogP contribution is 2.45. The van der Waals surface area contributed by atoms with Gasteiger partial charge in [-0.25, -0.2) is 0 Å². The van der Waals surface area contributed by atoms with Crippen molar-refractivity contribution in [2.45, 2.75) is 53.4 Å². The van der Waals surface area contributed by atoms with E-state index in [0.717, 1.165) is 30.5 Å². The Balaban J connectivity index is 2.15. The van der Waals surface area contributed by atoms with Gasteiger partial charge in [0.1, 0.15) is 0 Å². The van der Waals surface area contributed by atoms with Crippen molar-refractivity contribution in [3.8, 4) is 0 Å². The fourth-order valence-corrected chi connectivity index (χ4v) is 3.77. The number of nitrogens with one attached hydrogen (secondary N) is 1. The van der Waals surface area contributed by atoms with Crippen LogP contribution >= 0.6 is 0 Å². The monoisotopic (exact) mass is 316 g/mol. The molecular weight excluding hydrogens is 284 g/mol. The quantitative estimate of drug-likeness (QED) is 0.854. The van der Waals surface area contributed by atoms with Crippen LogP contribution < -0.4 is 11.1 Å². The van der Waals surface area contributed by atoms with Crippen LogP contribution in [-0.4, -0.2) is 12.5 Å². The summed E-state index contributed by atoms with van der Waals surface area (Å²) in [4.78, 5) is 13.0. The Morgan fingerprint density at radius 2 is 2.04 bits per heavy atom. The topological polar surface area (TPSA) is 55.1 Å². The highest BCUT2D eigenvalue weighted by atomic mass is 16.1. The van der Waals surface area contributed by atoms with E-state index in [4.69, 9.17) is 5.73 Å². The summed E-state index contributed by atoms with van der Waals surface area (Å²) in [5, 5.41) is 3.19. The Hall–Kier alpha value is -1.35. The van der Waals surface area contributed by atoms with Gasteiger partial charge in [-0.3, -0.25) is 4.79 Å². The number of hydrogen-bond donors (Lipinski definition) is 2. The first-order chi connectivity index (χ1) is 10.8. The third kappa shape index (κ3) is 4.35. The zero-order chi connectivity index (χ0) is 17.0. The van der Waals surface area contributed by atoms with Gasteiger partial charge in [-0.2, -0.15) is 0 Å². The molecule has 128 valence electrons. The first-order valence-electron chi connectivity index (χ1n) is 8.94. The van der Waals surface area contributed by atoms with Gasteiger partial charge in [-0.1, -0.05) is 45.9 Å². The van der Waals surface area contributed by atoms with E-state index in [1.807, 2.05) is 24.3 Å². The van der Waals surface area contributed by atoms with Gasteiger partial charge in [0.15, 0.2) is 0 Å². The van der Waals surface area contributed by atoms with Crippen molar-refractivity contribution < 1.29 is 4.79 Å². The van der Waals surface area contributed by atoms with Gasteiger partial charge < -0.3 is 11.1 Å². The third-order valence-corrected chi connectivity index (χ3v) is 5.59. The Labute approximate surface area is 141 Å². The molecule has 0 spiro atoms. The van der Waals surface area contributed by atoms with Crippen LogP contribution in [0.25, 0.3) is 0 Å². The van der Waals surface area contributed by atoms with Crippen LogP contribution in [0, 0.1) is 23.2 Å². The van der Waals surface area contributed by atoms with Crippen molar-refractivity contribution in [1.29, 1.82) is 0 Å². The second kappa shape index (κ2) is 7.48. The van der Waals surface area contributed by atoms with Crippen LogP contribution in [0.4, 0.5) is 5.69 Å². The first-order valence-corrected chi connectivity index (χ1v) is 8.94. The van der Waals surface area contributed by atoms with Crippen molar-refractivity contribution >= 4 is 11.6 Å². The molecule has 1 aromatic rings. The molecule has 0 aliphatic heterocycles. The highest BCUT2D eigenvalue weighted by Gasteiger charge is 2.41. The van der Waals surface area contributed by atoms with E-state index in [9.17, 15) is 4.79 Å². The first kappa shape index (κ1) is 18.0. The predicted octanol–water partition coefficient (Wildman–Crippen LogP) is 4.22. The number of nitrogens with two attached hydrogens (primary N) is 1. The lowest BCUT2D eigenvalue weighted by atomic mass is 9.63. The Bertz CT molecular complexity index is 536. The van der Waals surface area contributed by atoms with Gasteiger partial charge in [-0.05, 0) is 61.1 Å². The van der Waals surface area contributed by atoms with Crippen molar-refractivity contribution in [1.82, 2.24) is 0 Å². The molecule has 1 amide bonds. The maximum absolute atomic E-state index is 13.0. The van der Waals surface area contributed by atoms with Crippen LogP contribution in [0.2, 0.25) is 0 Å². The number of benzene rings is 1. The van der Waals surface area contributed by atoms with Crippen molar-refractivity contribution in [2.75, 3.05) is 11.9 Å². The summed E-state index contributed by atoms with van der Waals surface area (Å²) in [6.45, 7) is 9.61. The molecule has 3 heteroatoms. The van der Waals surface area contributed by atoms with Gasteiger partial charge in [0.05, 0.1) is 0 Å². The average molecular weight is 316 g/mol. The summed E-state index contributed by atoms with van der Waals surface area (Å²) < 4.78 is 0. The van der Waals surface area contributed by atoms with Gasteiger partial charge in [0, 0.05) is 11.6 Å². The fourth-order valence-electron chi connectivity index (χ4n) is 3.77. The number of hydrogen-bond acceptors (Lipinski definition) is 2. The van der Waals surface area contributed by atoms with Crippen LogP contribution in [0.1, 0.15) is 52.5 Å². The number of rotatable bonds is 5. The van der Waals surface area contributed by atoms with E-state index in [-0.39, 0.29) is 17.2 Å². The minimum absolute atomic E-state index is 0.0677. The molecule has 1 saturated carbocycles. The molecule has 0 heterocycles. The lowest BCUT2D eigenvalue weighted by Gasteiger charge is -2.42. The summed E-state index contributed by atoms with van der Waals surface area (Å²) in [6.07, 6.45) is 4.14. The number of anilines is 1. The molecule has 3 nitrogen and oxygen atoms in total. The molecule has 0 saturated heterocycles. The number of carbonyl (C=O) groups is 1. The zero-order valence-corrected chi connectivity index (χ0v) is 15.1. The molecule has 1 aliphatic carbocycles. The second-order valence-electron chi connectivity index (χ2n) is 8.00. The number of amides is 1. The average Bonchev–Trinajstić information content (AvgIpc) is 2.48. The van der Waals surface area contributed by atoms with E-state index in [0.29, 0.717) is 18.4 Å². The summed E-state index contributed by atoms with van der Waals surface area (Å²) in [5.41, 5.74) is 7.80.